The highest BCUT2D eigenvalue weighted by Crippen LogP contribution is 2.13. The molecule has 0 aliphatic carbocycles. The van der Waals surface area contributed by atoms with Gasteiger partial charge in [-0.2, -0.15) is 0 Å². The van der Waals surface area contributed by atoms with Crippen LogP contribution in [0.25, 0.3) is 0 Å². The van der Waals surface area contributed by atoms with E-state index >= 15 is 0 Å². The van der Waals surface area contributed by atoms with Crippen molar-refractivity contribution in [2.45, 2.75) is 19.9 Å². The monoisotopic (exact) mass is 258 g/mol. The summed E-state index contributed by atoms with van der Waals surface area (Å²) >= 11 is 0. The summed E-state index contributed by atoms with van der Waals surface area (Å²) in [7, 11) is 0. The predicted octanol–water partition coefficient (Wildman–Crippen LogP) is 2.35. The molecule has 1 aliphatic heterocycles. The second-order valence-corrected chi connectivity index (χ2v) is 4.45. The molecule has 1 heterocycles. The van der Waals surface area contributed by atoms with E-state index in [0.717, 1.165) is 38.3 Å². The van der Waals surface area contributed by atoms with Gasteiger partial charge in [-0.05, 0) is 49.7 Å². The van der Waals surface area contributed by atoms with Gasteiger partial charge in [-0.3, -0.25) is 4.90 Å². The van der Waals surface area contributed by atoms with Gasteiger partial charge in [-0.25, -0.2) is 4.39 Å². The van der Waals surface area contributed by atoms with Crippen LogP contribution in [0.15, 0.2) is 18.2 Å². The fourth-order valence-corrected chi connectivity index (χ4v) is 2.11. The summed E-state index contributed by atoms with van der Waals surface area (Å²) in [4.78, 5) is 2.39. The first-order valence-corrected chi connectivity index (χ1v) is 5.94. The molecule has 0 atom stereocenters. The fourth-order valence-electron chi connectivity index (χ4n) is 2.11. The largest absolute Gasteiger partial charge is 0.315 e. The molecule has 0 aromatic heterocycles. The topological polar surface area (TPSA) is 15.3 Å². The lowest BCUT2D eigenvalue weighted by Gasteiger charge is -2.20. The maximum absolute atomic E-state index is 13.2. The molecule has 0 amide bonds. The van der Waals surface area contributed by atoms with Crippen molar-refractivity contribution in [1.29, 1.82) is 0 Å². The van der Waals surface area contributed by atoms with Crippen LogP contribution in [0.3, 0.4) is 0 Å². The average Bonchev–Trinajstić information content (AvgIpc) is 2.52. The summed E-state index contributed by atoms with van der Waals surface area (Å²) in [5, 5.41) is 3.37. The van der Waals surface area contributed by atoms with E-state index in [9.17, 15) is 4.39 Å². The minimum atomic E-state index is -0.131. The van der Waals surface area contributed by atoms with Crippen LogP contribution in [0.2, 0.25) is 0 Å². The molecule has 0 unspecified atom stereocenters. The number of nitrogens with zero attached hydrogens (tertiary/aromatic N) is 1. The first-order chi connectivity index (χ1) is 7.75. The van der Waals surface area contributed by atoms with E-state index in [-0.39, 0.29) is 18.2 Å². The van der Waals surface area contributed by atoms with Crippen LogP contribution in [-0.2, 0) is 6.54 Å². The molecule has 17 heavy (non-hydrogen) atoms. The molecule has 1 fully saturated rings. The zero-order valence-corrected chi connectivity index (χ0v) is 11.0. The van der Waals surface area contributed by atoms with Crippen molar-refractivity contribution in [3.63, 3.8) is 0 Å². The smallest absolute Gasteiger partial charge is 0.123 e. The van der Waals surface area contributed by atoms with Crippen LogP contribution in [-0.4, -0.2) is 31.1 Å². The van der Waals surface area contributed by atoms with Crippen LogP contribution >= 0.6 is 12.4 Å². The molecule has 1 aromatic carbocycles. The quantitative estimate of drug-likeness (QED) is 0.876. The first kappa shape index (κ1) is 14.4. The Labute approximate surface area is 109 Å². The van der Waals surface area contributed by atoms with Crippen LogP contribution in [0.1, 0.15) is 17.5 Å². The van der Waals surface area contributed by atoms with Gasteiger partial charge in [0.05, 0.1) is 0 Å². The highest BCUT2D eigenvalue weighted by Gasteiger charge is 2.10. The van der Waals surface area contributed by atoms with Gasteiger partial charge in [0.1, 0.15) is 5.82 Å². The number of rotatable bonds is 2. The third-order valence-corrected chi connectivity index (χ3v) is 3.14. The molecule has 0 radical (unpaired) electrons. The van der Waals surface area contributed by atoms with Gasteiger partial charge >= 0.3 is 0 Å². The van der Waals surface area contributed by atoms with Crippen LogP contribution in [0, 0.1) is 12.7 Å². The number of benzene rings is 1. The zero-order valence-electron chi connectivity index (χ0n) is 10.2. The van der Waals surface area contributed by atoms with Crippen molar-refractivity contribution in [2.24, 2.45) is 0 Å². The lowest BCUT2D eigenvalue weighted by molar-refractivity contribution is 0.283. The van der Waals surface area contributed by atoms with Gasteiger partial charge in [-0.1, -0.05) is 6.07 Å². The molecule has 0 spiro atoms. The predicted molar refractivity (Wildman–Crippen MR) is 71.1 cm³/mol. The van der Waals surface area contributed by atoms with E-state index in [4.69, 9.17) is 0 Å². The number of halogens is 2. The summed E-state index contributed by atoms with van der Waals surface area (Å²) in [5.41, 5.74) is 2.29. The lowest BCUT2D eigenvalue weighted by atomic mass is 10.1. The highest BCUT2D eigenvalue weighted by molar-refractivity contribution is 5.85. The molecule has 96 valence electrons. The summed E-state index contributed by atoms with van der Waals surface area (Å²) in [6, 6.07) is 5.05. The molecular formula is C13H20ClFN2. The summed E-state index contributed by atoms with van der Waals surface area (Å²) in [6.07, 6.45) is 1.17. The number of nitrogens with one attached hydrogen (secondary N) is 1. The minimum absolute atomic E-state index is 0. The molecule has 1 saturated heterocycles. The molecular weight excluding hydrogens is 239 g/mol. The van der Waals surface area contributed by atoms with Crippen LogP contribution < -0.4 is 5.32 Å². The van der Waals surface area contributed by atoms with Gasteiger partial charge in [-0.15, -0.1) is 12.4 Å². The fraction of sp³-hybridized carbons (Fsp3) is 0.538. The average molecular weight is 259 g/mol. The van der Waals surface area contributed by atoms with E-state index in [1.807, 2.05) is 13.0 Å². The Hall–Kier alpha value is -0.640. The van der Waals surface area contributed by atoms with Crippen molar-refractivity contribution < 1.29 is 4.39 Å². The van der Waals surface area contributed by atoms with Crippen molar-refractivity contribution in [3.8, 4) is 0 Å². The van der Waals surface area contributed by atoms with Gasteiger partial charge in [0, 0.05) is 19.6 Å². The van der Waals surface area contributed by atoms with Crippen molar-refractivity contribution in [3.05, 3.63) is 35.1 Å². The van der Waals surface area contributed by atoms with E-state index in [1.54, 1.807) is 6.07 Å². The Balaban J connectivity index is 0.00000144. The van der Waals surface area contributed by atoms with Crippen molar-refractivity contribution >= 4 is 12.4 Å². The second kappa shape index (κ2) is 6.94. The van der Waals surface area contributed by atoms with Crippen LogP contribution in [0.5, 0.6) is 0 Å². The number of hydrogen-bond donors (Lipinski definition) is 1. The van der Waals surface area contributed by atoms with Gasteiger partial charge in [0.2, 0.25) is 0 Å². The van der Waals surface area contributed by atoms with E-state index in [1.165, 1.54) is 18.1 Å². The second-order valence-electron chi connectivity index (χ2n) is 4.45. The molecule has 0 saturated carbocycles. The van der Waals surface area contributed by atoms with Crippen LogP contribution in [0.4, 0.5) is 4.39 Å². The minimum Gasteiger partial charge on any atom is -0.315 e. The van der Waals surface area contributed by atoms with E-state index < -0.39 is 0 Å². The van der Waals surface area contributed by atoms with Crippen molar-refractivity contribution in [2.75, 3.05) is 26.2 Å². The summed E-state index contributed by atoms with van der Waals surface area (Å²) in [6.45, 7) is 7.20. The molecule has 1 N–H and O–H groups in total. The van der Waals surface area contributed by atoms with Crippen molar-refractivity contribution in [1.82, 2.24) is 10.2 Å². The normalized spacial score (nSPS) is 17.3. The molecule has 0 bridgehead atoms. The van der Waals surface area contributed by atoms with E-state index in [0.29, 0.717) is 0 Å². The van der Waals surface area contributed by atoms with E-state index in [2.05, 4.69) is 10.2 Å². The maximum atomic E-state index is 13.2. The Morgan fingerprint density at radius 3 is 2.94 bits per heavy atom. The summed E-state index contributed by atoms with van der Waals surface area (Å²) in [5.74, 6) is -0.131. The Bertz CT molecular complexity index is 349. The lowest BCUT2D eigenvalue weighted by Crippen LogP contribution is -2.27. The number of aryl methyl sites for hydroxylation is 1. The number of hydrogen-bond acceptors (Lipinski definition) is 2. The molecule has 1 aromatic rings. The zero-order chi connectivity index (χ0) is 11.4. The Morgan fingerprint density at radius 1 is 1.29 bits per heavy atom. The first-order valence-electron chi connectivity index (χ1n) is 5.94. The SMILES string of the molecule is Cc1ccc(F)cc1CN1CCCNCC1.Cl. The molecule has 2 rings (SSSR count). The Kier molecular flexibility index (Phi) is 5.89. The molecule has 2 nitrogen and oxygen atoms in total. The third kappa shape index (κ3) is 4.26. The van der Waals surface area contributed by atoms with Gasteiger partial charge in [0.25, 0.3) is 0 Å². The molecule has 1 aliphatic rings. The standard InChI is InChI=1S/C13H19FN2.ClH/c1-11-3-4-13(14)9-12(11)10-16-7-2-5-15-6-8-16;/h3-4,9,15H,2,5-8,10H2,1H3;1H. The highest BCUT2D eigenvalue weighted by atomic mass is 35.5. The van der Waals surface area contributed by atoms with Gasteiger partial charge < -0.3 is 5.32 Å². The molecule has 4 heteroatoms. The summed E-state index contributed by atoms with van der Waals surface area (Å²) < 4.78 is 13.2. The maximum Gasteiger partial charge on any atom is 0.123 e. The third-order valence-electron chi connectivity index (χ3n) is 3.14. The van der Waals surface area contributed by atoms with Gasteiger partial charge in [0.15, 0.2) is 0 Å². The Morgan fingerprint density at radius 2 is 2.12 bits per heavy atom.